The van der Waals surface area contributed by atoms with Crippen molar-refractivity contribution in [2.75, 3.05) is 6.54 Å². The van der Waals surface area contributed by atoms with Crippen LogP contribution in [0.3, 0.4) is 0 Å². The molecular weight excluding hydrogens is 212 g/mol. The van der Waals surface area contributed by atoms with Gasteiger partial charge in [-0.05, 0) is 37.8 Å². The van der Waals surface area contributed by atoms with Crippen molar-refractivity contribution >= 4 is 0 Å². The van der Waals surface area contributed by atoms with Gasteiger partial charge >= 0.3 is 0 Å². The number of rotatable bonds is 5. The summed E-state index contributed by atoms with van der Waals surface area (Å²) < 4.78 is 0. The van der Waals surface area contributed by atoms with Gasteiger partial charge in [0.05, 0.1) is 17.3 Å². The van der Waals surface area contributed by atoms with Gasteiger partial charge in [-0.25, -0.2) is 0 Å². The molecule has 0 bridgehead atoms. The van der Waals surface area contributed by atoms with Crippen molar-refractivity contribution in [2.24, 2.45) is 0 Å². The van der Waals surface area contributed by atoms with Crippen LogP contribution in [-0.4, -0.2) is 22.2 Å². The maximum Gasteiger partial charge on any atom is 0.0743 e. The van der Waals surface area contributed by atoms with Crippen LogP contribution >= 0.6 is 0 Å². The summed E-state index contributed by atoms with van der Waals surface area (Å²) in [5, 5.41) is 13.6. The van der Waals surface area contributed by atoms with Gasteiger partial charge in [0.25, 0.3) is 0 Å². The van der Waals surface area contributed by atoms with E-state index in [1.165, 1.54) is 11.3 Å². The van der Waals surface area contributed by atoms with Crippen molar-refractivity contribution < 1.29 is 5.11 Å². The average Bonchev–Trinajstić information content (AvgIpc) is 2.70. The fourth-order valence-electron chi connectivity index (χ4n) is 2.58. The maximum absolute atomic E-state index is 10.1. The van der Waals surface area contributed by atoms with E-state index in [-0.39, 0.29) is 0 Å². The van der Waals surface area contributed by atoms with Crippen LogP contribution in [0, 0.1) is 0 Å². The predicted molar refractivity (Wildman–Crippen MR) is 68.8 cm³/mol. The fraction of sp³-hybridized carbons (Fsp3) is 0.643. The molecule has 3 heteroatoms. The summed E-state index contributed by atoms with van der Waals surface area (Å²) in [7, 11) is 0. The number of aliphatic hydroxyl groups is 1. The Kier molecular flexibility index (Phi) is 3.79. The molecule has 2 N–H and O–H groups in total. The number of aryl methyl sites for hydroxylation is 1. The Labute approximate surface area is 103 Å². The monoisotopic (exact) mass is 234 g/mol. The van der Waals surface area contributed by atoms with Crippen LogP contribution < -0.4 is 5.32 Å². The highest BCUT2D eigenvalue weighted by Gasteiger charge is 2.26. The third kappa shape index (κ3) is 3.05. The first-order valence-corrected chi connectivity index (χ1v) is 6.52. The molecule has 0 radical (unpaired) electrons. The van der Waals surface area contributed by atoms with Crippen molar-refractivity contribution in [3.8, 4) is 0 Å². The lowest BCUT2D eigenvalue weighted by molar-refractivity contribution is 0.0470. The molecule has 3 nitrogen and oxygen atoms in total. The van der Waals surface area contributed by atoms with E-state index >= 15 is 0 Å². The molecule has 0 fully saturated rings. The molecule has 0 aliphatic heterocycles. The van der Waals surface area contributed by atoms with Crippen molar-refractivity contribution in [2.45, 2.75) is 51.2 Å². The molecule has 1 aliphatic carbocycles. The second kappa shape index (κ2) is 5.15. The van der Waals surface area contributed by atoms with Gasteiger partial charge < -0.3 is 10.4 Å². The average molecular weight is 234 g/mol. The van der Waals surface area contributed by atoms with Gasteiger partial charge in [0, 0.05) is 12.7 Å². The quantitative estimate of drug-likeness (QED) is 0.821. The highest BCUT2D eigenvalue weighted by atomic mass is 16.3. The van der Waals surface area contributed by atoms with E-state index in [2.05, 4.69) is 23.3 Å². The van der Waals surface area contributed by atoms with Crippen LogP contribution in [0.1, 0.15) is 50.4 Å². The summed E-state index contributed by atoms with van der Waals surface area (Å²) in [6.07, 6.45) is 5.88. The molecular formula is C14H22N2O. The van der Waals surface area contributed by atoms with E-state index in [9.17, 15) is 5.11 Å². The second-order valence-electron chi connectivity index (χ2n) is 5.27. The lowest BCUT2D eigenvalue weighted by atomic mass is 10.0. The Balaban J connectivity index is 1.94. The van der Waals surface area contributed by atoms with E-state index in [1.807, 2.05) is 19.2 Å². The summed E-state index contributed by atoms with van der Waals surface area (Å²) in [5.41, 5.74) is 1.91. The predicted octanol–water partition coefficient (Wildman–Crippen LogP) is 2.21. The zero-order valence-electron chi connectivity index (χ0n) is 10.7. The first-order chi connectivity index (χ1) is 8.12. The Bertz CT molecular complexity index is 376. The molecule has 0 saturated heterocycles. The van der Waals surface area contributed by atoms with E-state index in [1.54, 1.807) is 0 Å². The summed E-state index contributed by atoms with van der Waals surface area (Å²) in [4.78, 5) is 4.44. The fourth-order valence-corrected chi connectivity index (χ4v) is 2.58. The minimum Gasteiger partial charge on any atom is -0.389 e. The molecule has 0 amide bonds. The van der Waals surface area contributed by atoms with Crippen molar-refractivity contribution in [1.29, 1.82) is 0 Å². The number of pyridine rings is 1. The van der Waals surface area contributed by atoms with Crippen LogP contribution in [0.4, 0.5) is 0 Å². The van der Waals surface area contributed by atoms with Crippen molar-refractivity contribution in [3.63, 3.8) is 0 Å². The third-order valence-electron chi connectivity index (χ3n) is 3.48. The zero-order chi connectivity index (χ0) is 12.3. The minimum absolute atomic E-state index is 0.314. The van der Waals surface area contributed by atoms with Gasteiger partial charge in [-0.1, -0.05) is 19.4 Å². The number of nitrogens with one attached hydrogen (secondary N) is 1. The number of aromatic nitrogens is 1. The molecule has 1 aliphatic rings. The molecule has 2 rings (SSSR count). The molecule has 2 atom stereocenters. The Morgan fingerprint density at radius 3 is 3.18 bits per heavy atom. The van der Waals surface area contributed by atoms with Gasteiger partial charge in [-0.3, -0.25) is 4.98 Å². The minimum atomic E-state index is -0.605. The first kappa shape index (κ1) is 12.5. The normalized spacial score (nSPS) is 22.2. The molecule has 94 valence electrons. The molecule has 2 unspecified atom stereocenters. The summed E-state index contributed by atoms with van der Waals surface area (Å²) >= 11 is 0. The lowest BCUT2D eigenvalue weighted by Crippen LogP contribution is -2.39. The lowest BCUT2D eigenvalue weighted by Gasteiger charge is -2.25. The van der Waals surface area contributed by atoms with Crippen molar-refractivity contribution in [3.05, 3.63) is 29.6 Å². The molecule has 1 aromatic rings. The number of hydrogen-bond donors (Lipinski definition) is 2. The van der Waals surface area contributed by atoms with Crippen LogP contribution in [0.5, 0.6) is 0 Å². The molecule has 0 spiro atoms. The second-order valence-corrected chi connectivity index (χ2v) is 5.27. The van der Waals surface area contributed by atoms with E-state index in [0.717, 1.165) is 25.7 Å². The number of hydrogen-bond acceptors (Lipinski definition) is 3. The third-order valence-corrected chi connectivity index (χ3v) is 3.48. The van der Waals surface area contributed by atoms with Gasteiger partial charge in [-0.15, -0.1) is 0 Å². The van der Waals surface area contributed by atoms with E-state index in [0.29, 0.717) is 12.6 Å². The number of nitrogens with zero attached hydrogens (tertiary/aromatic N) is 1. The Hall–Kier alpha value is -0.930. The molecule has 17 heavy (non-hydrogen) atoms. The summed E-state index contributed by atoms with van der Waals surface area (Å²) in [5.74, 6) is 0. The van der Waals surface area contributed by atoms with E-state index in [4.69, 9.17) is 0 Å². The number of fused-ring (bicyclic) bond motifs is 1. The van der Waals surface area contributed by atoms with Gasteiger partial charge in [0.1, 0.15) is 0 Å². The summed E-state index contributed by atoms with van der Waals surface area (Å²) in [6.45, 7) is 4.64. The summed E-state index contributed by atoms with van der Waals surface area (Å²) in [6, 6.07) is 4.46. The highest BCUT2D eigenvalue weighted by Crippen LogP contribution is 2.29. The molecule has 1 heterocycles. The van der Waals surface area contributed by atoms with Crippen LogP contribution in [0.2, 0.25) is 0 Å². The van der Waals surface area contributed by atoms with Gasteiger partial charge in [-0.2, -0.15) is 0 Å². The zero-order valence-corrected chi connectivity index (χ0v) is 10.7. The maximum atomic E-state index is 10.1. The van der Waals surface area contributed by atoms with Crippen LogP contribution in [0.15, 0.2) is 18.3 Å². The van der Waals surface area contributed by atoms with Crippen LogP contribution in [-0.2, 0) is 6.42 Å². The van der Waals surface area contributed by atoms with Gasteiger partial charge in [0.2, 0.25) is 0 Å². The van der Waals surface area contributed by atoms with Crippen LogP contribution in [0.25, 0.3) is 0 Å². The standard InChI is InChI=1S/C14H22N2O/c1-3-8-14(2,17)10-16-12-7-6-11-5-4-9-15-13(11)12/h4-5,9,12,16-17H,3,6-8,10H2,1-2H3. The Morgan fingerprint density at radius 1 is 1.59 bits per heavy atom. The van der Waals surface area contributed by atoms with Gasteiger partial charge in [0.15, 0.2) is 0 Å². The molecule has 1 aromatic heterocycles. The smallest absolute Gasteiger partial charge is 0.0743 e. The molecule has 0 saturated carbocycles. The molecule has 0 aromatic carbocycles. The first-order valence-electron chi connectivity index (χ1n) is 6.52. The largest absolute Gasteiger partial charge is 0.389 e. The highest BCUT2D eigenvalue weighted by molar-refractivity contribution is 5.27. The van der Waals surface area contributed by atoms with Crippen molar-refractivity contribution in [1.82, 2.24) is 10.3 Å². The van der Waals surface area contributed by atoms with E-state index < -0.39 is 5.60 Å². The Morgan fingerprint density at radius 2 is 2.41 bits per heavy atom. The topological polar surface area (TPSA) is 45.1 Å². The SMILES string of the molecule is CCCC(C)(O)CNC1CCc2cccnc21.